The second-order valence-electron chi connectivity index (χ2n) is 3.42. The van der Waals surface area contributed by atoms with Gasteiger partial charge in [-0.2, -0.15) is 4.31 Å². The minimum Gasteiger partial charge on any atom is -0.395 e. The number of hydrogen-bond donors (Lipinski definition) is 1. The normalized spacial score (nSPS) is 11.8. The molecule has 0 aliphatic carbocycles. The number of halogens is 1. The zero-order valence-electron chi connectivity index (χ0n) is 9.41. The molecule has 0 aromatic heterocycles. The molecule has 0 atom stereocenters. The fourth-order valence-corrected chi connectivity index (χ4v) is 2.88. The summed E-state index contributed by atoms with van der Waals surface area (Å²) >= 11 is 5.74. The highest BCUT2D eigenvalue weighted by Crippen LogP contribution is 2.27. The van der Waals surface area contributed by atoms with E-state index in [0.29, 0.717) is 0 Å². The van der Waals surface area contributed by atoms with Crippen LogP contribution in [0.25, 0.3) is 0 Å². The number of non-ortho nitro benzene ring substituents is 1. The molecule has 0 radical (unpaired) electrons. The van der Waals surface area contributed by atoms with Crippen molar-refractivity contribution in [2.45, 2.75) is 4.90 Å². The van der Waals surface area contributed by atoms with Crippen molar-refractivity contribution in [3.63, 3.8) is 0 Å². The Labute approximate surface area is 109 Å². The first-order valence-electron chi connectivity index (χ1n) is 4.82. The highest BCUT2D eigenvalue weighted by molar-refractivity contribution is 7.89. The summed E-state index contributed by atoms with van der Waals surface area (Å²) in [5, 5.41) is 19.2. The molecular formula is C9H11ClN2O5S. The van der Waals surface area contributed by atoms with E-state index in [9.17, 15) is 18.5 Å². The minimum atomic E-state index is -3.95. The van der Waals surface area contributed by atoms with Gasteiger partial charge in [-0.15, -0.1) is 0 Å². The molecule has 0 bridgehead atoms. The van der Waals surface area contributed by atoms with Crippen molar-refractivity contribution < 1.29 is 18.4 Å². The van der Waals surface area contributed by atoms with Crippen molar-refractivity contribution >= 4 is 27.3 Å². The van der Waals surface area contributed by atoms with E-state index in [-0.39, 0.29) is 28.8 Å². The van der Waals surface area contributed by atoms with E-state index in [1.807, 2.05) is 0 Å². The Hall–Kier alpha value is -1.22. The first kappa shape index (κ1) is 14.8. The van der Waals surface area contributed by atoms with Crippen LogP contribution in [0.1, 0.15) is 0 Å². The van der Waals surface area contributed by atoms with Crippen LogP contribution in [0.2, 0.25) is 5.02 Å². The number of hydrogen-bond acceptors (Lipinski definition) is 5. The SMILES string of the molecule is CN(CCO)S(=O)(=O)c1cc([N+](=O)[O-])ccc1Cl. The molecule has 1 aromatic rings. The molecule has 0 unspecified atom stereocenters. The fraction of sp³-hybridized carbons (Fsp3) is 0.333. The maximum Gasteiger partial charge on any atom is 0.270 e. The van der Waals surface area contributed by atoms with Gasteiger partial charge in [0.1, 0.15) is 4.90 Å². The van der Waals surface area contributed by atoms with E-state index in [1.165, 1.54) is 7.05 Å². The number of sulfonamides is 1. The quantitative estimate of drug-likeness (QED) is 0.641. The topological polar surface area (TPSA) is 101 Å². The van der Waals surface area contributed by atoms with Crippen LogP contribution in [-0.2, 0) is 10.0 Å². The third-order valence-corrected chi connectivity index (χ3v) is 4.57. The highest BCUT2D eigenvalue weighted by atomic mass is 35.5. The van der Waals surface area contributed by atoms with Crippen LogP contribution in [0.4, 0.5) is 5.69 Å². The van der Waals surface area contributed by atoms with Crippen LogP contribution >= 0.6 is 11.6 Å². The van der Waals surface area contributed by atoms with E-state index < -0.39 is 14.9 Å². The van der Waals surface area contributed by atoms with Crippen LogP contribution in [-0.4, -0.2) is 43.0 Å². The van der Waals surface area contributed by atoms with Crippen molar-refractivity contribution in [3.8, 4) is 0 Å². The fourth-order valence-electron chi connectivity index (χ4n) is 1.23. The Morgan fingerprint density at radius 2 is 2.11 bits per heavy atom. The van der Waals surface area contributed by atoms with E-state index in [0.717, 1.165) is 22.5 Å². The average molecular weight is 295 g/mol. The highest BCUT2D eigenvalue weighted by Gasteiger charge is 2.25. The Balaban J connectivity index is 3.31. The summed E-state index contributed by atoms with van der Waals surface area (Å²) in [6.45, 7) is -0.483. The van der Waals surface area contributed by atoms with Gasteiger partial charge in [0, 0.05) is 25.7 Å². The predicted molar refractivity (Wildman–Crippen MR) is 65.0 cm³/mol. The number of nitro groups is 1. The molecule has 0 heterocycles. The molecule has 0 amide bonds. The second-order valence-corrected chi connectivity index (χ2v) is 5.84. The third-order valence-electron chi connectivity index (χ3n) is 2.23. The lowest BCUT2D eigenvalue weighted by Gasteiger charge is -2.16. The molecular weight excluding hydrogens is 284 g/mol. The Kier molecular flexibility index (Phi) is 4.63. The lowest BCUT2D eigenvalue weighted by molar-refractivity contribution is -0.385. The number of nitrogens with zero attached hydrogens (tertiary/aromatic N) is 2. The molecule has 0 spiro atoms. The average Bonchev–Trinajstić information content (AvgIpc) is 2.29. The van der Waals surface area contributed by atoms with Gasteiger partial charge in [-0.25, -0.2) is 8.42 Å². The van der Waals surface area contributed by atoms with Gasteiger partial charge in [-0.1, -0.05) is 11.6 Å². The van der Waals surface area contributed by atoms with Crippen molar-refractivity contribution in [1.82, 2.24) is 4.31 Å². The van der Waals surface area contributed by atoms with Gasteiger partial charge in [-0.3, -0.25) is 10.1 Å². The van der Waals surface area contributed by atoms with Gasteiger partial charge in [0.25, 0.3) is 5.69 Å². The molecule has 100 valence electrons. The molecule has 0 aliphatic rings. The number of nitro benzene ring substituents is 1. The molecule has 9 heteroatoms. The minimum absolute atomic E-state index is 0.106. The van der Waals surface area contributed by atoms with E-state index in [1.54, 1.807) is 0 Å². The van der Waals surface area contributed by atoms with Crippen LogP contribution in [0.15, 0.2) is 23.1 Å². The zero-order valence-corrected chi connectivity index (χ0v) is 11.0. The Bertz CT molecular complexity index is 560. The van der Waals surface area contributed by atoms with E-state index in [2.05, 4.69) is 0 Å². The lowest BCUT2D eigenvalue weighted by Crippen LogP contribution is -2.29. The predicted octanol–water partition coefficient (Wildman–Crippen LogP) is 0.861. The number of rotatable bonds is 5. The summed E-state index contributed by atoms with van der Waals surface area (Å²) in [7, 11) is -2.70. The van der Waals surface area contributed by atoms with Crippen LogP contribution in [0.5, 0.6) is 0 Å². The Morgan fingerprint density at radius 1 is 1.50 bits per heavy atom. The summed E-state index contributed by atoms with van der Waals surface area (Å²) < 4.78 is 24.9. The second kappa shape index (κ2) is 5.61. The maximum absolute atomic E-state index is 12.0. The van der Waals surface area contributed by atoms with Gasteiger partial charge in [0.05, 0.1) is 16.6 Å². The standard InChI is InChI=1S/C9H11ClN2O5S/c1-11(4-5-13)18(16,17)9-6-7(12(14)15)2-3-8(9)10/h2-3,6,13H,4-5H2,1H3. The monoisotopic (exact) mass is 294 g/mol. The van der Waals surface area contributed by atoms with Gasteiger partial charge in [0.2, 0.25) is 10.0 Å². The molecule has 7 nitrogen and oxygen atoms in total. The smallest absolute Gasteiger partial charge is 0.270 e. The molecule has 0 aliphatic heterocycles. The molecule has 0 saturated heterocycles. The van der Waals surface area contributed by atoms with Crippen molar-refractivity contribution in [1.29, 1.82) is 0 Å². The first-order valence-corrected chi connectivity index (χ1v) is 6.63. The molecule has 1 aromatic carbocycles. The molecule has 0 fully saturated rings. The Morgan fingerprint density at radius 3 is 2.61 bits per heavy atom. The maximum atomic E-state index is 12.0. The summed E-state index contributed by atoms with van der Waals surface area (Å²) in [5.74, 6) is 0. The van der Waals surface area contributed by atoms with Gasteiger partial charge < -0.3 is 5.11 Å². The summed E-state index contributed by atoms with van der Waals surface area (Å²) in [4.78, 5) is 9.54. The first-order chi connectivity index (χ1) is 8.30. The molecule has 0 saturated carbocycles. The van der Waals surface area contributed by atoms with Gasteiger partial charge in [-0.05, 0) is 6.07 Å². The summed E-state index contributed by atoms with van der Waals surface area (Å²) in [6.07, 6.45) is 0. The van der Waals surface area contributed by atoms with Crippen molar-refractivity contribution in [3.05, 3.63) is 33.3 Å². The van der Waals surface area contributed by atoms with E-state index >= 15 is 0 Å². The van der Waals surface area contributed by atoms with E-state index in [4.69, 9.17) is 16.7 Å². The van der Waals surface area contributed by atoms with Gasteiger partial charge >= 0.3 is 0 Å². The number of benzene rings is 1. The summed E-state index contributed by atoms with van der Waals surface area (Å²) in [5.41, 5.74) is -0.365. The number of likely N-dealkylation sites (N-methyl/N-ethyl adjacent to an activating group) is 1. The lowest BCUT2D eigenvalue weighted by atomic mass is 10.3. The van der Waals surface area contributed by atoms with Crippen LogP contribution < -0.4 is 0 Å². The van der Waals surface area contributed by atoms with Crippen LogP contribution in [0.3, 0.4) is 0 Å². The molecule has 1 rings (SSSR count). The van der Waals surface area contributed by atoms with Gasteiger partial charge in [0.15, 0.2) is 0 Å². The number of aliphatic hydroxyl groups is 1. The molecule has 1 N–H and O–H groups in total. The van der Waals surface area contributed by atoms with Crippen molar-refractivity contribution in [2.75, 3.05) is 20.2 Å². The molecule has 18 heavy (non-hydrogen) atoms. The van der Waals surface area contributed by atoms with Crippen molar-refractivity contribution in [2.24, 2.45) is 0 Å². The van der Waals surface area contributed by atoms with Crippen LogP contribution in [0, 0.1) is 10.1 Å². The zero-order chi connectivity index (χ0) is 13.9. The number of aliphatic hydroxyl groups excluding tert-OH is 1. The third kappa shape index (κ3) is 2.96. The largest absolute Gasteiger partial charge is 0.395 e. The summed E-state index contributed by atoms with van der Waals surface area (Å²) in [6, 6.07) is 3.16.